The Labute approximate surface area is 178 Å². The minimum absolute atomic E-state index is 0.0783. The highest BCUT2D eigenvalue weighted by atomic mass is 35.5. The van der Waals surface area contributed by atoms with E-state index in [2.05, 4.69) is 10.6 Å². The molecule has 0 saturated heterocycles. The van der Waals surface area contributed by atoms with E-state index in [1.54, 1.807) is 23.1 Å². The number of aliphatic hydroxyl groups is 1. The number of anilines is 2. The molecule has 2 aromatic rings. The molecule has 29 heavy (non-hydrogen) atoms. The van der Waals surface area contributed by atoms with Crippen LogP contribution in [0.3, 0.4) is 0 Å². The first-order valence-corrected chi connectivity index (χ1v) is 10.6. The summed E-state index contributed by atoms with van der Waals surface area (Å²) in [5.74, 6) is -0.575. The smallest absolute Gasteiger partial charge is 0.254 e. The van der Waals surface area contributed by atoms with Crippen LogP contribution in [0, 0.1) is 6.92 Å². The number of hydrogen-bond donors (Lipinski definition) is 3. The van der Waals surface area contributed by atoms with Crippen LogP contribution in [-0.4, -0.2) is 28.2 Å². The molecule has 0 unspecified atom stereocenters. The predicted octanol–water partition coefficient (Wildman–Crippen LogP) is 4.42. The Bertz CT molecular complexity index is 949. The highest BCUT2D eigenvalue weighted by Gasteiger charge is 2.34. The van der Waals surface area contributed by atoms with E-state index in [0.29, 0.717) is 22.7 Å². The number of nitrogens with zero attached hydrogens (tertiary/aromatic N) is 1. The fourth-order valence-corrected chi connectivity index (χ4v) is 4.10. The number of nitrogens with one attached hydrogen (secondary N) is 2. The summed E-state index contributed by atoms with van der Waals surface area (Å²) in [6.45, 7) is 3.64. The molecule has 1 atom stereocenters. The molecule has 152 valence electrons. The molecular formula is C21H22ClN3O3S. The van der Waals surface area contributed by atoms with Crippen LogP contribution in [0.2, 0.25) is 5.02 Å². The van der Waals surface area contributed by atoms with Gasteiger partial charge in [-0.05, 0) is 43.2 Å². The van der Waals surface area contributed by atoms with Crippen LogP contribution in [0.25, 0.3) is 0 Å². The molecule has 8 heteroatoms. The average molecular weight is 432 g/mol. The van der Waals surface area contributed by atoms with Gasteiger partial charge in [0, 0.05) is 16.4 Å². The molecule has 1 aliphatic rings. The molecule has 1 aliphatic heterocycles. The van der Waals surface area contributed by atoms with E-state index in [1.807, 2.05) is 44.2 Å². The van der Waals surface area contributed by atoms with Gasteiger partial charge in [0.15, 0.2) is 5.50 Å². The van der Waals surface area contributed by atoms with Gasteiger partial charge in [-0.25, -0.2) is 0 Å². The van der Waals surface area contributed by atoms with Gasteiger partial charge < -0.3 is 15.7 Å². The van der Waals surface area contributed by atoms with Gasteiger partial charge in [0.25, 0.3) is 5.91 Å². The Balaban J connectivity index is 1.76. The summed E-state index contributed by atoms with van der Waals surface area (Å²) in [4.78, 5) is 26.4. The molecule has 1 heterocycles. The summed E-state index contributed by atoms with van der Waals surface area (Å²) in [6.07, 6.45) is 0.396. The Morgan fingerprint density at radius 2 is 1.97 bits per heavy atom. The second-order valence-electron chi connectivity index (χ2n) is 6.46. The van der Waals surface area contributed by atoms with Crippen molar-refractivity contribution in [2.24, 2.45) is 0 Å². The zero-order valence-electron chi connectivity index (χ0n) is 16.1. The van der Waals surface area contributed by atoms with E-state index in [-0.39, 0.29) is 23.5 Å². The lowest BCUT2D eigenvalue weighted by atomic mass is 10.1. The highest BCUT2D eigenvalue weighted by molar-refractivity contribution is 8.00. The van der Waals surface area contributed by atoms with E-state index in [4.69, 9.17) is 11.6 Å². The molecule has 0 aromatic heterocycles. The number of rotatable bonds is 6. The SMILES string of the molecule is CCC1=C(O)N(c2ccccc2)[C@@H](SCC(=O)Nc2cccc(Cl)c2C)NC1=O. The molecular weight excluding hydrogens is 410 g/mol. The number of benzene rings is 2. The van der Waals surface area contributed by atoms with Crippen molar-refractivity contribution in [3.05, 3.63) is 70.6 Å². The minimum atomic E-state index is -0.619. The van der Waals surface area contributed by atoms with Crippen LogP contribution in [0.15, 0.2) is 60.0 Å². The standard InChI is InChI=1S/C21H22ClN3O3S/c1-3-15-19(27)24-21(25(20(15)28)14-8-5-4-6-9-14)29-12-18(26)23-17-11-7-10-16(22)13(17)2/h4-11,21,28H,3,12H2,1-2H3,(H,23,26)(H,24,27)/t21-/m0/s1. The number of halogens is 1. The van der Waals surface area contributed by atoms with Crippen LogP contribution in [-0.2, 0) is 9.59 Å². The largest absolute Gasteiger partial charge is 0.494 e. The number of carbonyl (C=O) groups is 2. The molecule has 2 amide bonds. The van der Waals surface area contributed by atoms with Gasteiger partial charge in [-0.1, -0.05) is 42.8 Å². The second kappa shape index (κ2) is 9.24. The van der Waals surface area contributed by atoms with E-state index >= 15 is 0 Å². The Hall–Kier alpha value is -2.64. The second-order valence-corrected chi connectivity index (χ2v) is 7.93. The predicted molar refractivity (Wildman–Crippen MR) is 118 cm³/mol. The van der Waals surface area contributed by atoms with Gasteiger partial charge in [-0.2, -0.15) is 0 Å². The topological polar surface area (TPSA) is 81.7 Å². The molecule has 3 rings (SSSR count). The molecule has 2 aromatic carbocycles. The number of para-hydroxylation sites is 1. The molecule has 0 bridgehead atoms. The lowest BCUT2D eigenvalue weighted by Gasteiger charge is -2.37. The van der Waals surface area contributed by atoms with Gasteiger partial charge in [0.1, 0.15) is 0 Å². The number of amides is 2. The first-order valence-electron chi connectivity index (χ1n) is 9.16. The fraction of sp³-hybridized carbons (Fsp3) is 0.238. The number of hydrogen-bond acceptors (Lipinski definition) is 5. The van der Waals surface area contributed by atoms with Gasteiger partial charge in [-0.15, -0.1) is 11.8 Å². The monoisotopic (exact) mass is 431 g/mol. The van der Waals surface area contributed by atoms with Crippen molar-refractivity contribution in [2.45, 2.75) is 25.8 Å². The highest BCUT2D eigenvalue weighted by Crippen LogP contribution is 2.31. The van der Waals surface area contributed by atoms with E-state index in [1.165, 1.54) is 11.8 Å². The molecule has 0 fully saturated rings. The minimum Gasteiger partial charge on any atom is -0.494 e. The average Bonchev–Trinajstić information content (AvgIpc) is 2.70. The molecule has 0 spiro atoms. The maximum atomic E-state index is 12.5. The normalized spacial score (nSPS) is 16.6. The fourth-order valence-electron chi connectivity index (χ4n) is 2.99. The Kier molecular flexibility index (Phi) is 6.71. The summed E-state index contributed by atoms with van der Waals surface area (Å²) in [7, 11) is 0. The number of carbonyl (C=O) groups excluding carboxylic acids is 2. The third-order valence-corrected chi connectivity index (χ3v) is 6.05. The van der Waals surface area contributed by atoms with Crippen LogP contribution in [0.5, 0.6) is 0 Å². The van der Waals surface area contributed by atoms with Crippen molar-refractivity contribution >= 4 is 46.6 Å². The van der Waals surface area contributed by atoms with Crippen molar-refractivity contribution in [1.29, 1.82) is 0 Å². The Morgan fingerprint density at radius 3 is 2.66 bits per heavy atom. The summed E-state index contributed by atoms with van der Waals surface area (Å²) in [5, 5.41) is 17.0. The van der Waals surface area contributed by atoms with Crippen molar-refractivity contribution in [1.82, 2.24) is 5.32 Å². The number of thioether (sulfide) groups is 1. The maximum Gasteiger partial charge on any atom is 0.254 e. The quantitative estimate of drug-likeness (QED) is 0.630. The summed E-state index contributed by atoms with van der Waals surface area (Å²) in [6, 6.07) is 14.6. The first kappa shape index (κ1) is 21.1. The van der Waals surface area contributed by atoms with Crippen molar-refractivity contribution < 1.29 is 14.7 Å². The van der Waals surface area contributed by atoms with Crippen LogP contribution < -0.4 is 15.5 Å². The van der Waals surface area contributed by atoms with Gasteiger partial charge in [0.2, 0.25) is 11.8 Å². The molecule has 0 radical (unpaired) electrons. The zero-order valence-corrected chi connectivity index (χ0v) is 17.7. The van der Waals surface area contributed by atoms with Gasteiger partial charge >= 0.3 is 0 Å². The van der Waals surface area contributed by atoms with E-state index < -0.39 is 5.50 Å². The first-order chi connectivity index (χ1) is 13.9. The van der Waals surface area contributed by atoms with Crippen molar-refractivity contribution in [3.63, 3.8) is 0 Å². The molecule has 0 aliphatic carbocycles. The van der Waals surface area contributed by atoms with Crippen LogP contribution in [0.1, 0.15) is 18.9 Å². The van der Waals surface area contributed by atoms with E-state index in [9.17, 15) is 14.7 Å². The number of aliphatic hydroxyl groups excluding tert-OH is 1. The summed E-state index contributed by atoms with van der Waals surface area (Å²) < 4.78 is 0. The molecule has 0 saturated carbocycles. The molecule has 3 N–H and O–H groups in total. The van der Waals surface area contributed by atoms with Gasteiger partial charge in [0.05, 0.1) is 11.3 Å². The van der Waals surface area contributed by atoms with E-state index in [0.717, 1.165) is 11.3 Å². The summed E-state index contributed by atoms with van der Waals surface area (Å²) >= 11 is 7.31. The van der Waals surface area contributed by atoms with Gasteiger partial charge in [-0.3, -0.25) is 14.5 Å². The van der Waals surface area contributed by atoms with Crippen molar-refractivity contribution in [3.8, 4) is 0 Å². The third-order valence-electron chi connectivity index (χ3n) is 4.56. The third kappa shape index (κ3) is 4.68. The molecule has 6 nitrogen and oxygen atoms in total. The Morgan fingerprint density at radius 1 is 1.24 bits per heavy atom. The van der Waals surface area contributed by atoms with Crippen LogP contribution >= 0.6 is 23.4 Å². The van der Waals surface area contributed by atoms with Crippen LogP contribution in [0.4, 0.5) is 11.4 Å². The van der Waals surface area contributed by atoms with Crippen molar-refractivity contribution in [2.75, 3.05) is 16.0 Å². The lowest BCUT2D eigenvalue weighted by Crippen LogP contribution is -2.52. The lowest BCUT2D eigenvalue weighted by molar-refractivity contribution is -0.118. The summed E-state index contributed by atoms with van der Waals surface area (Å²) in [5.41, 5.74) is 1.85. The zero-order chi connectivity index (χ0) is 21.0. The maximum absolute atomic E-state index is 12.5.